The lowest BCUT2D eigenvalue weighted by Gasteiger charge is -2.16. The Bertz CT molecular complexity index is 715. The van der Waals surface area contributed by atoms with Gasteiger partial charge in [0.2, 0.25) is 0 Å². The van der Waals surface area contributed by atoms with Crippen molar-refractivity contribution in [2.24, 2.45) is 5.92 Å². The maximum atomic E-state index is 11.1. The van der Waals surface area contributed by atoms with Crippen LogP contribution in [0.4, 0.5) is 0 Å². The third-order valence-electron chi connectivity index (χ3n) is 4.72. The summed E-state index contributed by atoms with van der Waals surface area (Å²) in [5.41, 5.74) is 2.61. The fraction of sp³-hybridized carbons (Fsp3) is 0.381. The van der Waals surface area contributed by atoms with Gasteiger partial charge in [0.15, 0.2) is 6.61 Å². The third-order valence-corrected chi connectivity index (χ3v) is 4.97. The highest BCUT2D eigenvalue weighted by Gasteiger charge is 2.22. The van der Waals surface area contributed by atoms with Crippen LogP contribution in [0.15, 0.2) is 48.5 Å². The molecule has 0 bridgehead atoms. The van der Waals surface area contributed by atoms with E-state index in [1.165, 1.54) is 24.7 Å². The average molecular weight is 374 g/mol. The Hall–Kier alpha value is -2.04. The Morgan fingerprint density at radius 1 is 1.12 bits per heavy atom. The number of nitrogens with zero attached hydrogens (tertiary/aromatic N) is 1. The van der Waals surface area contributed by atoms with Crippen LogP contribution >= 0.6 is 11.6 Å². The number of likely N-dealkylation sites (tertiary alicyclic amines) is 1. The molecule has 5 heteroatoms. The highest BCUT2D eigenvalue weighted by Crippen LogP contribution is 2.24. The second kappa shape index (κ2) is 9.06. The summed E-state index contributed by atoms with van der Waals surface area (Å²) in [6, 6.07) is 16.1. The molecule has 0 amide bonds. The van der Waals surface area contributed by atoms with Gasteiger partial charge in [-0.15, -0.1) is 0 Å². The lowest BCUT2D eigenvalue weighted by molar-refractivity contribution is -0.142. The fourth-order valence-electron chi connectivity index (χ4n) is 3.33. The van der Waals surface area contributed by atoms with E-state index in [1.807, 2.05) is 24.3 Å². The van der Waals surface area contributed by atoms with Crippen LogP contribution in [0, 0.1) is 5.92 Å². The number of hydrogen-bond acceptors (Lipinski definition) is 4. The van der Waals surface area contributed by atoms with Crippen LogP contribution in [0.1, 0.15) is 17.5 Å². The molecule has 4 nitrogen and oxygen atoms in total. The van der Waals surface area contributed by atoms with E-state index in [1.54, 1.807) is 0 Å². The van der Waals surface area contributed by atoms with E-state index in [0.29, 0.717) is 11.7 Å². The van der Waals surface area contributed by atoms with Gasteiger partial charge < -0.3 is 9.47 Å². The molecular formula is C21H24ClNO3. The molecule has 0 saturated carbocycles. The maximum Gasteiger partial charge on any atom is 0.343 e. The number of carbonyl (C=O) groups excluding carboxylic acids is 1. The van der Waals surface area contributed by atoms with Gasteiger partial charge in [-0.1, -0.05) is 35.9 Å². The summed E-state index contributed by atoms with van der Waals surface area (Å²) in [5, 5.41) is 0.792. The molecular weight excluding hydrogens is 350 g/mol. The summed E-state index contributed by atoms with van der Waals surface area (Å²) >= 11 is 5.96. The number of rotatable bonds is 7. The molecule has 1 atom stereocenters. The van der Waals surface area contributed by atoms with E-state index in [-0.39, 0.29) is 12.6 Å². The first-order valence-electron chi connectivity index (χ1n) is 8.88. The van der Waals surface area contributed by atoms with Crippen LogP contribution in [0.2, 0.25) is 5.02 Å². The van der Waals surface area contributed by atoms with Crippen LogP contribution in [-0.2, 0) is 22.5 Å². The minimum Gasteiger partial charge on any atom is -0.482 e. The zero-order valence-corrected chi connectivity index (χ0v) is 15.7. The minimum atomic E-state index is -0.377. The van der Waals surface area contributed by atoms with E-state index < -0.39 is 0 Å². The summed E-state index contributed by atoms with van der Waals surface area (Å²) in [7, 11) is 1.35. The number of halogens is 1. The van der Waals surface area contributed by atoms with Crippen molar-refractivity contribution in [3.63, 3.8) is 0 Å². The molecule has 1 unspecified atom stereocenters. The summed E-state index contributed by atoms with van der Waals surface area (Å²) in [6.07, 6.45) is 2.33. The average Bonchev–Trinajstić information content (AvgIpc) is 3.09. The first-order chi connectivity index (χ1) is 12.6. The summed E-state index contributed by atoms with van der Waals surface area (Å²) in [4.78, 5) is 13.6. The van der Waals surface area contributed by atoms with Gasteiger partial charge in [0.25, 0.3) is 0 Å². The molecule has 0 aromatic heterocycles. The predicted octanol–water partition coefficient (Wildman–Crippen LogP) is 3.96. The van der Waals surface area contributed by atoms with Crippen molar-refractivity contribution in [3.05, 3.63) is 64.7 Å². The van der Waals surface area contributed by atoms with Gasteiger partial charge in [-0.3, -0.25) is 4.90 Å². The smallest absolute Gasteiger partial charge is 0.343 e. The molecule has 0 aliphatic carbocycles. The van der Waals surface area contributed by atoms with Crippen LogP contribution in [-0.4, -0.2) is 37.7 Å². The molecule has 138 valence electrons. The summed E-state index contributed by atoms with van der Waals surface area (Å²) in [6.45, 7) is 3.12. The van der Waals surface area contributed by atoms with Crippen molar-refractivity contribution in [1.82, 2.24) is 4.90 Å². The quantitative estimate of drug-likeness (QED) is 0.689. The highest BCUT2D eigenvalue weighted by atomic mass is 35.5. The molecule has 0 radical (unpaired) electrons. The number of hydrogen-bond donors (Lipinski definition) is 0. The molecule has 1 fully saturated rings. The van der Waals surface area contributed by atoms with Gasteiger partial charge in [0.05, 0.1) is 7.11 Å². The molecule has 26 heavy (non-hydrogen) atoms. The van der Waals surface area contributed by atoms with Crippen molar-refractivity contribution in [3.8, 4) is 5.75 Å². The summed E-state index contributed by atoms with van der Waals surface area (Å²) < 4.78 is 9.94. The van der Waals surface area contributed by atoms with Gasteiger partial charge in [0, 0.05) is 18.1 Å². The van der Waals surface area contributed by atoms with Crippen molar-refractivity contribution < 1.29 is 14.3 Å². The van der Waals surface area contributed by atoms with E-state index in [9.17, 15) is 4.79 Å². The Morgan fingerprint density at radius 2 is 1.81 bits per heavy atom. The lowest BCUT2D eigenvalue weighted by Crippen LogP contribution is -2.20. The molecule has 1 heterocycles. The van der Waals surface area contributed by atoms with Crippen LogP contribution < -0.4 is 4.74 Å². The van der Waals surface area contributed by atoms with E-state index in [4.69, 9.17) is 16.3 Å². The monoisotopic (exact) mass is 373 g/mol. The van der Waals surface area contributed by atoms with Crippen LogP contribution in [0.5, 0.6) is 5.75 Å². The Labute approximate surface area is 159 Å². The number of esters is 1. The molecule has 0 N–H and O–H groups in total. The lowest BCUT2D eigenvalue weighted by atomic mass is 9.99. The standard InChI is InChI=1S/C21H24ClNO3/c1-25-21(24)15-26-20-8-4-17(5-9-20)13-23-11-10-18(14-23)12-16-2-6-19(22)7-3-16/h2-9,18H,10-15H2,1H3. The molecule has 2 aromatic rings. The molecule has 1 aliphatic rings. The van der Waals surface area contributed by atoms with Gasteiger partial charge in [-0.25, -0.2) is 4.79 Å². The van der Waals surface area contributed by atoms with Crippen molar-refractivity contribution in [2.75, 3.05) is 26.8 Å². The molecule has 2 aromatic carbocycles. The number of carbonyl (C=O) groups is 1. The first kappa shape index (κ1) is 18.7. The molecule has 1 saturated heterocycles. The largest absolute Gasteiger partial charge is 0.482 e. The highest BCUT2D eigenvalue weighted by molar-refractivity contribution is 6.30. The second-order valence-corrected chi connectivity index (χ2v) is 7.17. The third kappa shape index (κ3) is 5.48. The van der Waals surface area contributed by atoms with Crippen molar-refractivity contribution in [1.29, 1.82) is 0 Å². The van der Waals surface area contributed by atoms with Crippen LogP contribution in [0.25, 0.3) is 0 Å². The molecule has 0 spiro atoms. The Morgan fingerprint density at radius 3 is 2.50 bits per heavy atom. The maximum absolute atomic E-state index is 11.1. The first-order valence-corrected chi connectivity index (χ1v) is 9.25. The van der Waals surface area contributed by atoms with E-state index in [0.717, 1.165) is 31.1 Å². The van der Waals surface area contributed by atoms with Crippen molar-refractivity contribution >= 4 is 17.6 Å². The van der Waals surface area contributed by atoms with Gasteiger partial charge >= 0.3 is 5.97 Å². The Kier molecular flexibility index (Phi) is 6.53. The SMILES string of the molecule is COC(=O)COc1ccc(CN2CCC(Cc3ccc(Cl)cc3)C2)cc1. The van der Waals surface area contributed by atoms with E-state index >= 15 is 0 Å². The molecule has 1 aliphatic heterocycles. The van der Waals surface area contributed by atoms with E-state index in [2.05, 4.69) is 33.9 Å². The van der Waals surface area contributed by atoms with Gasteiger partial charge in [0.1, 0.15) is 5.75 Å². The number of benzene rings is 2. The number of methoxy groups -OCH3 is 1. The minimum absolute atomic E-state index is 0.0612. The summed E-state index contributed by atoms with van der Waals surface area (Å²) in [5.74, 6) is 0.998. The Balaban J connectivity index is 1.46. The van der Waals surface area contributed by atoms with Gasteiger partial charge in [-0.2, -0.15) is 0 Å². The topological polar surface area (TPSA) is 38.8 Å². The number of ether oxygens (including phenoxy) is 2. The van der Waals surface area contributed by atoms with Gasteiger partial charge in [-0.05, 0) is 60.7 Å². The second-order valence-electron chi connectivity index (χ2n) is 6.73. The zero-order valence-electron chi connectivity index (χ0n) is 15.0. The zero-order chi connectivity index (χ0) is 18.4. The normalized spacial score (nSPS) is 17.2. The molecule has 3 rings (SSSR count). The predicted molar refractivity (Wildman–Crippen MR) is 102 cm³/mol. The van der Waals surface area contributed by atoms with Crippen molar-refractivity contribution in [2.45, 2.75) is 19.4 Å². The fourth-order valence-corrected chi connectivity index (χ4v) is 3.45. The van der Waals surface area contributed by atoms with Crippen LogP contribution in [0.3, 0.4) is 0 Å².